The van der Waals surface area contributed by atoms with Crippen LogP contribution in [0.25, 0.3) is 0 Å². The molecule has 0 saturated carbocycles. The van der Waals surface area contributed by atoms with Gasteiger partial charge in [0.25, 0.3) is 0 Å². The van der Waals surface area contributed by atoms with Crippen LogP contribution in [0.1, 0.15) is 107 Å². The normalized spacial score (nSPS) is 17.6. The average Bonchev–Trinajstić information content (AvgIpc) is 3.09. The molecule has 2 aliphatic rings. The van der Waals surface area contributed by atoms with E-state index in [0.717, 1.165) is 24.7 Å². The monoisotopic (exact) mass is 782 g/mol. The molecule has 0 aliphatic heterocycles. The summed E-state index contributed by atoms with van der Waals surface area (Å²) in [6.07, 6.45) is -1.24. The van der Waals surface area contributed by atoms with Crippen molar-refractivity contribution in [3.63, 3.8) is 0 Å². The zero-order chi connectivity index (χ0) is 42.6. The van der Waals surface area contributed by atoms with E-state index < -0.39 is 64.3 Å². The maximum absolute atomic E-state index is 13.6. The number of hydrogen-bond donors (Lipinski definition) is 1. The summed E-state index contributed by atoms with van der Waals surface area (Å²) < 4.78 is 25.0. The van der Waals surface area contributed by atoms with Crippen molar-refractivity contribution in [3.05, 3.63) is 70.8 Å². The van der Waals surface area contributed by atoms with E-state index in [1.54, 1.807) is 92.6 Å². The minimum Gasteiger partial charge on any atom is -0.468 e. The van der Waals surface area contributed by atoms with E-state index in [1.807, 2.05) is 18.2 Å². The van der Waals surface area contributed by atoms with Crippen molar-refractivity contribution in [1.82, 2.24) is 10.4 Å². The Morgan fingerprint density at radius 3 is 1.75 bits per heavy atom. The molecule has 0 saturated heterocycles. The molecule has 0 spiro atoms. The lowest BCUT2D eigenvalue weighted by Crippen LogP contribution is -2.69. The van der Waals surface area contributed by atoms with Crippen LogP contribution in [0.4, 0.5) is 14.4 Å². The van der Waals surface area contributed by atoms with Crippen LogP contribution in [0.5, 0.6) is 0 Å². The van der Waals surface area contributed by atoms with Crippen molar-refractivity contribution >= 4 is 41.8 Å². The number of nitrogens with zero attached hydrogens (tertiary/aromatic N) is 3. The van der Waals surface area contributed by atoms with Crippen LogP contribution < -0.4 is 5.43 Å². The van der Waals surface area contributed by atoms with Gasteiger partial charge in [0.05, 0.1) is 14.2 Å². The van der Waals surface area contributed by atoms with Gasteiger partial charge >= 0.3 is 30.2 Å². The lowest BCUT2D eigenvalue weighted by Gasteiger charge is -2.42. The highest BCUT2D eigenvalue weighted by Gasteiger charge is 2.58. The number of hydrazine groups is 1. The minimum absolute atomic E-state index is 0.107. The van der Waals surface area contributed by atoms with E-state index in [9.17, 15) is 33.6 Å². The highest BCUT2D eigenvalue weighted by Crippen LogP contribution is 2.35. The van der Waals surface area contributed by atoms with Gasteiger partial charge in [0, 0.05) is 18.2 Å². The molecule has 0 aromatic heterocycles. The summed E-state index contributed by atoms with van der Waals surface area (Å²) in [5.41, 5.74) is 0.472. The average molecular weight is 783 g/mol. The van der Waals surface area contributed by atoms with E-state index in [1.165, 1.54) is 14.2 Å². The third-order valence-electron chi connectivity index (χ3n) is 7.84. The standard InChI is InChI=1S/C22H30N2O7.C12H12O3.C6H12N2O2/c1-20(2,3)30-18(27)23-24(19(28)31-21(4,5)6)22(17(26)29-7)13-12-14-10-8-9-11-15(14)16(22)25;1-15-12(14)10-7-6-8-4-2-3-5-9(8)11(10)13;1-6(2,3)10-5(9)8-7-4/h8-11H,12-13H2,1-7H3,(H,23,27);2-5,10H,6-7H2,1H3;1-4H3. The quantitative estimate of drug-likeness (QED) is 0.110. The van der Waals surface area contributed by atoms with Crippen LogP contribution in [0, 0.1) is 5.92 Å². The number of aryl methyl sites for hydroxylation is 2. The summed E-state index contributed by atoms with van der Waals surface area (Å²) in [6, 6.07) is 14.2. The summed E-state index contributed by atoms with van der Waals surface area (Å²) in [5, 5.41) is 7.05. The summed E-state index contributed by atoms with van der Waals surface area (Å²) in [4.78, 5) is 86.1. The van der Waals surface area contributed by atoms with Gasteiger partial charge in [-0.05, 0) is 99.1 Å². The fourth-order valence-corrected chi connectivity index (χ4v) is 5.61. The van der Waals surface area contributed by atoms with Crippen LogP contribution in [0.3, 0.4) is 0 Å². The van der Waals surface area contributed by atoms with E-state index >= 15 is 0 Å². The first-order chi connectivity index (χ1) is 25.9. The smallest absolute Gasteiger partial charge is 0.452 e. The van der Waals surface area contributed by atoms with Crippen LogP contribution in [-0.4, -0.2) is 90.4 Å². The van der Waals surface area contributed by atoms with Gasteiger partial charge in [0.15, 0.2) is 5.78 Å². The lowest BCUT2D eigenvalue weighted by molar-refractivity contribution is -0.154. The van der Waals surface area contributed by atoms with Gasteiger partial charge in [-0.2, -0.15) is 10.1 Å². The fraction of sp³-hybridized carbons (Fsp3) is 0.525. The third kappa shape index (κ3) is 13.0. The molecule has 0 bridgehead atoms. The van der Waals surface area contributed by atoms with Gasteiger partial charge in [-0.25, -0.2) is 24.6 Å². The Morgan fingerprint density at radius 1 is 0.732 bits per heavy atom. The molecule has 3 amide bonds. The Hall–Kier alpha value is -5.67. The summed E-state index contributed by atoms with van der Waals surface area (Å²) in [5.74, 6) is -2.81. The maximum atomic E-state index is 13.6. The number of nitrogens with one attached hydrogen (secondary N) is 1. The Balaban J connectivity index is 0.000000355. The molecule has 16 nitrogen and oxygen atoms in total. The SMILES string of the molecule is CN=NC(=O)OC(C)(C)C.COC(=O)C1(N(NC(=O)OC(C)(C)C)C(=O)OC(C)(C)C)CCc2ccccc2C1=O.COC(=O)C1CCc2ccccc2C1=O. The minimum atomic E-state index is -2.15. The Morgan fingerprint density at radius 2 is 1.25 bits per heavy atom. The molecule has 0 fully saturated rings. The van der Waals surface area contributed by atoms with E-state index in [4.69, 9.17) is 18.9 Å². The van der Waals surface area contributed by atoms with Crippen LogP contribution >= 0.6 is 0 Å². The summed E-state index contributed by atoms with van der Waals surface area (Å²) in [6.45, 7) is 15.1. The molecule has 56 heavy (non-hydrogen) atoms. The molecule has 16 heteroatoms. The van der Waals surface area contributed by atoms with Gasteiger partial charge in [0.1, 0.15) is 22.7 Å². The second-order valence-corrected chi connectivity index (χ2v) is 15.7. The van der Waals surface area contributed by atoms with E-state index in [0.29, 0.717) is 23.4 Å². The molecular formula is C40H54N4O12. The lowest BCUT2D eigenvalue weighted by atomic mass is 9.76. The zero-order valence-electron chi connectivity index (χ0n) is 34.3. The molecule has 2 aromatic rings. The Bertz CT molecular complexity index is 1800. The fourth-order valence-electron chi connectivity index (χ4n) is 5.61. The molecule has 306 valence electrons. The maximum Gasteiger partial charge on any atom is 0.452 e. The third-order valence-corrected chi connectivity index (χ3v) is 7.84. The van der Waals surface area contributed by atoms with Gasteiger partial charge in [0.2, 0.25) is 11.3 Å². The number of benzene rings is 2. The predicted octanol–water partition coefficient (Wildman–Crippen LogP) is 7.01. The molecular weight excluding hydrogens is 728 g/mol. The topological polar surface area (TPSA) is 206 Å². The van der Waals surface area contributed by atoms with Crippen molar-refractivity contribution < 1.29 is 57.2 Å². The largest absolute Gasteiger partial charge is 0.468 e. The number of ether oxygens (including phenoxy) is 5. The first-order valence-electron chi connectivity index (χ1n) is 17.9. The van der Waals surface area contributed by atoms with Gasteiger partial charge in [-0.1, -0.05) is 53.6 Å². The highest BCUT2D eigenvalue weighted by atomic mass is 16.6. The van der Waals surface area contributed by atoms with Gasteiger partial charge < -0.3 is 23.7 Å². The number of rotatable bonds is 3. The Kier molecular flexibility index (Phi) is 16.0. The van der Waals surface area contributed by atoms with Crippen molar-refractivity contribution in [2.24, 2.45) is 16.1 Å². The number of amides is 3. The number of azo groups is 1. The Labute approximate surface area is 327 Å². The first kappa shape index (κ1) is 46.5. The van der Waals surface area contributed by atoms with Crippen molar-refractivity contribution in [3.8, 4) is 0 Å². The van der Waals surface area contributed by atoms with Crippen LogP contribution in [0.15, 0.2) is 58.8 Å². The molecule has 4 rings (SSSR count). The number of fused-ring (bicyclic) bond motifs is 2. The first-order valence-corrected chi connectivity index (χ1v) is 17.9. The van der Waals surface area contributed by atoms with Gasteiger partial charge in [-0.3, -0.25) is 14.4 Å². The molecule has 2 atom stereocenters. The summed E-state index contributed by atoms with van der Waals surface area (Å²) >= 11 is 0. The number of carbonyl (C=O) groups is 7. The van der Waals surface area contributed by atoms with Crippen molar-refractivity contribution in [2.75, 3.05) is 21.3 Å². The van der Waals surface area contributed by atoms with Crippen LogP contribution in [-0.2, 0) is 46.1 Å². The van der Waals surface area contributed by atoms with E-state index in [-0.39, 0.29) is 17.8 Å². The second kappa shape index (κ2) is 19.3. The van der Waals surface area contributed by atoms with Gasteiger partial charge in [-0.15, -0.1) is 0 Å². The number of methoxy groups -OCH3 is 2. The molecule has 0 heterocycles. The summed E-state index contributed by atoms with van der Waals surface area (Å²) in [7, 11) is 3.85. The number of ketones is 2. The number of hydrogen-bond acceptors (Lipinski definition) is 13. The number of Topliss-reactive ketones (excluding diaryl/α,β-unsaturated/α-hetero) is 2. The predicted molar refractivity (Wildman–Crippen MR) is 203 cm³/mol. The molecule has 2 unspecified atom stereocenters. The van der Waals surface area contributed by atoms with Crippen molar-refractivity contribution in [2.45, 2.75) is 110 Å². The molecule has 1 N–H and O–H groups in total. The van der Waals surface area contributed by atoms with Crippen molar-refractivity contribution in [1.29, 1.82) is 0 Å². The number of esters is 2. The highest BCUT2D eigenvalue weighted by molar-refractivity contribution is 6.19. The molecule has 2 aromatic carbocycles. The molecule has 0 radical (unpaired) electrons. The van der Waals surface area contributed by atoms with Crippen LogP contribution in [0.2, 0.25) is 0 Å². The zero-order valence-corrected chi connectivity index (χ0v) is 34.3. The second-order valence-electron chi connectivity index (χ2n) is 15.7. The number of carbonyl (C=O) groups excluding carboxylic acids is 7. The molecule has 2 aliphatic carbocycles. The van der Waals surface area contributed by atoms with E-state index in [2.05, 4.69) is 20.4 Å².